The predicted molar refractivity (Wildman–Crippen MR) is 79.4 cm³/mol. The monoisotopic (exact) mass is 295 g/mol. The Morgan fingerprint density at radius 2 is 2.05 bits per heavy atom. The number of nitrogen functional groups attached to an aromatic ring is 1. The van der Waals surface area contributed by atoms with E-state index in [1.807, 2.05) is 0 Å². The van der Waals surface area contributed by atoms with Crippen LogP contribution in [0, 0.1) is 0 Å². The van der Waals surface area contributed by atoms with Crippen LogP contribution in [-0.4, -0.2) is 49.8 Å². The normalized spacial score (nSPS) is 11.7. The first-order valence-corrected chi connectivity index (χ1v) is 8.14. The molecule has 2 aromatic rings. The molecule has 3 N–H and O–H groups in total. The zero-order valence-corrected chi connectivity index (χ0v) is 12.2. The van der Waals surface area contributed by atoms with Gasteiger partial charge in [-0.1, -0.05) is 0 Å². The highest BCUT2D eigenvalue weighted by molar-refractivity contribution is 7.90. The molecule has 0 aliphatic carbocycles. The van der Waals surface area contributed by atoms with Gasteiger partial charge in [0.25, 0.3) is 5.91 Å². The van der Waals surface area contributed by atoms with Gasteiger partial charge < -0.3 is 15.6 Å². The number of fused-ring (bicyclic) bond motifs is 1. The van der Waals surface area contributed by atoms with Crippen LogP contribution in [0.5, 0.6) is 0 Å². The summed E-state index contributed by atoms with van der Waals surface area (Å²) in [6.07, 6.45) is 1.15. The van der Waals surface area contributed by atoms with Gasteiger partial charge in [0.1, 0.15) is 15.5 Å². The maximum Gasteiger partial charge on any atom is 0.270 e. The summed E-state index contributed by atoms with van der Waals surface area (Å²) < 4.78 is 22.2. The molecule has 1 aromatic carbocycles. The van der Waals surface area contributed by atoms with Crippen LogP contribution in [0.2, 0.25) is 0 Å². The van der Waals surface area contributed by atoms with E-state index in [0.29, 0.717) is 11.4 Å². The Morgan fingerprint density at radius 1 is 1.35 bits per heavy atom. The molecule has 0 unspecified atom stereocenters. The molecule has 2 rings (SSSR count). The van der Waals surface area contributed by atoms with Crippen molar-refractivity contribution in [1.29, 1.82) is 0 Å². The number of aromatic amines is 1. The summed E-state index contributed by atoms with van der Waals surface area (Å²) in [4.78, 5) is 16.6. The zero-order valence-electron chi connectivity index (χ0n) is 11.4. The van der Waals surface area contributed by atoms with Gasteiger partial charge in [-0.05, 0) is 24.3 Å². The van der Waals surface area contributed by atoms with Crippen LogP contribution in [0.4, 0.5) is 5.69 Å². The lowest BCUT2D eigenvalue weighted by Gasteiger charge is -2.15. The third-order valence-electron chi connectivity index (χ3n) is 3.02. The molecule has 0 saturated heterocycles. The molecule has 108 valence electrons. The van der Waals surface area contributed by atoms with Crippen molar-refractivity contribution in [2.24, 2.45) is 0 Å². The molecular weight excluding hydrogens is 278 g/mol. The van der Waals surface area contributed by atoms with Crippen molar-refractivity contribution in [2.75, 3.05) is 31.3 Å². The molecule has 0 bridgehead atoms. The molecule has 0 spiro atoms. The van der Waals surface area contributed by atoms with Crippen molar-refractivity contribution in [3.05, 3.63) is 30.0 Å². The van der Waals surface area contributed by atoms with Crippen LogP contribution in [0.1, 0.15) is 10.5 Å². The summed E-state index contributed by atoms with van der Waals surface area (Å²) in [7, 11) is -1.51. The number of carbonyl (C=O) groups is 1. The van der Waals surface area contributed by atoms with Gasteiger partial charge in [0.2, 0.25) is 0 Å². The summed E-state index contributed by atoms with van der Waals surface area (Å²) in [5, 5.41) is 0.852. The van der Waals surface area contributed by atoms with Gasteiger partial charge in [0, 0.05) is 36.4 Å². The van der Waals surface area contributed by atoms with Crippen molar-refractivity contribution in [3.63, 3.8) is 0 Å². The van der Waals surface area contributed by atoms with Crippen molar-refractivity contribution in [2.45, 2.75) is 0 Å². The summed E-state index contributed by atoms with van der Waals surface area (Å²) in [5.74, 6) is -0.300. The summed E-state index contributed by atoms with van der Waals surface area (Å²) >= 11 is 0. The quantitative estimate of drug-likeness (QED) is 0.818. The maximum atomic E-state index is 12.2. The Balaban J connectivity index is 2.18. The predicted octanol–water partition coefficient (Wildman–Crippen LogP) is 0.867. The molecule has 1 heterocycles. The van der Waals surface area contributed by atoms with Gasteiger partial charge in [0.15, 0.2) is 0 Å². The summed E-state index contributed by atoms with van der Waals surface area (Å²) in [6.45, 7) is 0.162. The van der Waals surface area contributed by atoms with E-state index in [0.717, 1.165) is 17.2 Å². The topological polar surface area (TPSA) is 96.3 Å². The van der Waals surface area contributed by atoms with Crippen LogP contribution < -0.4 is 5.73 Å². The fourth-order valence-corrected chi connectivity index (χ4v) is 2.48. The SMILES string of the molecule is CN(CCS(C)(=O)=O)C(=O)c1cc2cc(N)ccc2[nH]1. The largest absolute Gasteiger partial charge is 0.399 e. The number of carbonyl (C=O) groups excluding carboxylic acids is 1. The minimum absolute atomic E-state index is 0.0532. The Hall–Kier alpha value is -2.02. The fourth-order valence-electron chi connectivity index (χ4n) is 1.88. The van der Waals surface area contributed by atoms with Gasteiger partial charge >= 0.3 is 0 Å². The number of nitrogens with zero attached hydrogens (tertiary/aromatic N) is 1. The number of rotatable bonds is 4. The number of amides is 1. The second-order valence-corrected chi connectivity index (χ2v) is 7.15. The number of anilines is 1. The molecule has 0 radical (unpaired) electrons. The van der Waals surface area contributed by atoms with Crippen LogP contribution in [0.25, 0.3) is 10.9 Å². The van der Waals surface area contributed by atoms with Crippen LogP contribution in [0.3, 0.4) is 0 Å². The van der Waals surface area contributed by atoms with Crippen LogP contribution >= 0.6 is 0 Å². The van der Waals surface area contributed by atoms with E-state index in [9.17, 15) is 13.2 Å². The Labute approximate surface area is 117 Å². The average Bonchev–Trinajstić information content (AvgIpc) is 2.76. The van der Waals surface area contributed by atoms with Crippen LogP contribution in [0.15, 0.2) is 24.3 Å². The Kier molecular flexibility index (Phi) is 3.71. The van der Waals surface area contributed by atoms with Crippen molar-refractivity contribution >= 4 is 32.3 Å². The molecule has 0 aliphatic heterocycles. The van der Waals surface area contributed by atoms with Gasteiger partial charge in [-0.15, -0.1) is 0 Å². The molecule has 0 fully saturated rings. The first-order chi connectivity index (χ1) is 9.26. The van der Waals surface area contributed by atoms with E-state index in [4.69, 9.17) is 5.73 Å². The second kappa shape index (κ2) is 5.16. The molecule has 6 nitrogen and oxygen atoms in total. The van der Waals surface area contributed by atoms with Crippen molar-refractivity contribution in [3.8, 4) is 0 Å². The highest BCUT2D eigenvalue weighted by Crippen LogP contribution is 2.19. The Morgan fingerprint density at radius 3 is 2.70 bits per heavy atom. The smallest absolute Gasteiger partial charge is 0.270 e. The maximum absolute atomic E-state index is 12.2. The molecule has 1 amide bonds. The fraction of sp³-hybridized carbons (Fsp3) is 0.308. The van der Waals surface area contributed by atoms with Gasteiger partial charge in [0.05, 0.1) is 5.75 Å². The molecular formula is C13H17N3O3S. The second-order valence-electron chi connectivity index (χ2n) is 4.89. The van der Waals surface area contributed by atoms with Crippen LogP contribution in [-0.2, 0) is 9.84 Å². The lowest BCUT2D eigenvalue weighted by Crippen LogP contribution is -2.31. The van der Waals surface area contributed by atoms with E-state index >= 15 is 0 Å². The van der Waals surface area contributed by atoms with Crippen molar-refractivity contribution < 1.29 is 13.2 Å². The lowest BCUT2D eigenvalue weighted by atomic mass is 10.2. The van der Waals surface area contributed by atoms with Gasteiger partial charge in [-0.25, -0.2) is 8.42 Å². The molecule has 0 aliphatic rings. The first-order valence-electron chi connectivity index (χ1n) is 6.08. The highest BCUT2D eigenvalue weighted by Gasteiger charge is 2.15. The third kappa shape index (κ3) is 3.30. The highest BCUT2D eigenvalue weighted by atomic mass is 32.2. The lowest BCUT2D eigenvalue weighted by molar-refractivity contribution is 0.0798. The number of aromatic nitrogens is 1. The minimum Gasteiger partial charge on any atom is -0.399 e. The third-order valence-corrected chi connectivity index (χ3v) is 3.94. The van der Waals surface area contributed by atoms with Gasteiger partial charge in [-0.2, -0.15) is 0 Å². The number of sulfone groups is 1. The van der Waals surface area contributed by atoms with E-state index in [1.165, 1.54) is 4.90 Å². The number of nitrogens with one attached hydrogen (secondary N) is 1. The molecule has 7 heteroatoms. The number of hydrogen-bond acceptors (Lipinski definition) is 4. The number of nitrogens with two attached hydrogens (primary N) is 1. The standard InChI is InChI=1S/C13H17N3O3S/c1-16(5-6-20(2,18)19)13(17)12-8-9-7-10(14)3-4-11(9)15-12/h3-4,7-8,15H,5-6,14H2,1-2H3. The number of benzene rings is 1. The molecule has 0 atom stereocenters. The van der Waals surface area contributed by atoms with E-state index in [2.05, 4.69) is 4.98 Å². The summed E-state index contributed by atoms with van der Waals surface area (Å²) in [5.41, 5.74) is 7.55. The Bertz CT molecular complexity index is 749. The zero-order chi connectivity index (χ0) is 14.9. The van der Waals surface area contributed by atoms with Crippen molar-refractivity contribution in [1.82, 2.24) is 9.88 Å². The number of H-pyrrole nitrogens is 1. The minimum atomic E-state index is -3.09. The first kappa shape index (κ1) is 14.4. The molecule has 20 heavy (non-hydrogen) atoms. The average molecular weight is 295 g/mol. The van der Waals surface area contributed by atoms with E-state index in [1.54, 1.807) is 31.3 Å². The van der Waals surface area contributed by atoms with E-state index < -0.39 is 9.84 Å². The number of hydrogen-bond donors (Lipinski definition) is 2. The molecule has 0 saturated carbocycles. The van der Waals surface area contributed by atoms with E-state index in [-0.39, 0.29) is 18.2 Å². The summed E-state index contributed by atoms with van der Waals surface area (Å²) in [6, 6.07) is 7.04. The molecule has 1 aromatic heterocycles. The van der Waals surface area contributed by atoms with Gasteiger partial charge in [-0.3, -0.25) is 4.79 Å².